The Morgan fingerprint density at radius 2 is 2.60 bits per heavy atom. The quantitative estimate of drug-likeness (QED) is 0.668. The van der Waals surface area contributed by atoms with Crippen LogP contribution in [0.2, 0.25) is 0 Å². The Bertz CT molecular complexity index is 214. The number of aromatic nitrogens is 1. The molecule has 1 aromatic rings. The molecule has 3 nitrogen and oxygen atoms in total. The maximum absolute atomic E-state index is 4.67. The maximum Gasteiger partial charge on any atom is 0.129 e. The van der Waals surface area contributed by atoms with Gasteiger partial charge in [-0.3, -0.25) is 0 Å². The fourth-order valence-electron chi connectivity index (χ4n) is 0.772. The van der Waals surface area contributed by atoms with Crippen LogP contribution in [0.25, 0.3) is 5.70 Å². The van der Waals surface area contributed by atoms with Crippen molar-refractivity contribution in [3.05, 3.63) is 24.1 Å². The molecule has 0 saturated carbocycles. The molecule has 0 aliphatic carbocycles. The number of hydrogen-bond donors (Lipinski definition) is 1. The maximum atomic E-state index is 4.67. The van der Waals surface area contributed by atoms with Gasteiger partial charge in [-0.1, -0.05) is 11.2 Å². The highest BCUT2D eigenvalue weighted by molar-refractivity contribution is 5.59. The summed E-state index contributed by atoms with van der Waals surface area (Å²) in [7, 11) is 1.85. The van der Waals surface area contributed by atoms with Gasteiger partial charge in [-0.2, -0.15) is 0 Å². The molecule has 54 valence electrons. The van der Waals surface area contributed by atoms with Crippen molar-refractivity contribution in [1.29, 1.82) is 0 Å². The van der Waals surface area contributed by atoms with Gasteiger partial charge in [-0.05, 0) is 6.92 Å². The zero-order valence-corrected chi connectivity index (χ0v) is 6.09. The average molecular weight is 138 g/mol. The van der Waals surface area contributed by atoms with Gasteiger partial charge < -0.3 is 9.84 Å². The first-order valence-electron chi connectivity index (χ1n) is 3.13. The van der Waals surface area contributed by atoms with E-state index in [1.165, 1.54) is 0 Å². The molecular formula is C7H10N2O. The van der Waals surface area contributed by atoms with Crippen LogP contribution in [0.3, 0.4) is 0 Å². The van der Waals surface area contributed by atoms with Crippen molar-refractivity contribution in [2.75, 3.05) is 7.05 Å². The Balaban J connectivity index is 2.85. The number of nitrogens with zero attached hydrogens (tertiary/aromatic N) is 1. The lowest BCUT2D eigenvalue weighted by atomic mass is 10.3. The van der Waals surface area contributed by atoms with Crippen LogP contribution in [0.4, 0.5) is 0 Å². The molecule has 1 N–H and O–H groups in total. The third kappa shape index (κ3) is 1.18. The molecule has 1 rings (SSSR count). The van der Waals surface area contributed by atoms with E-state index >= 15 is 0 Å². The minimum Gasteiger partial charge on any atom is -0.387 e. The van der Waals surface area contributed by atoms with E-state index < -0.39 is 0 Å². The van der Waals surface area contributed by atoms with Gasteiger partial charge in [0.1, 0.15) is 12.0 Å². The van der Waals surface area contributed by atoms with Gasteiger partial charge in [0.05, 0.1) is 5.70 Å². The average Bonchev–Trinajstić information content (AvgIpc) is 2.43. The summed E-state index contributed by atoms with van der Waals surface area (Å²) in [5.74, 6) is 0. The van der Waals surface area contributed by atoms with Crippen LogP contribution in [0.1, 0.15) is 12.6 Å². The lowest BCUT2D eigenvalue weighted by Gasteiger charge is -1.98. The Kier molecular flexibility index (Phi) is 2.10. The monoisotopic (exact) mass is 138 g/mol. The van der Waals surface area contributed by atoms with E-state index in [1.807, 2.05) is 26.1 Å². The van der Waals surface area contributed by atoms with Crippen molar-refractivity contribution in [3.63, 3.8) is 0 Å². The summed E-state index contributed by atoms with van der Waals surface area (Å²) >= 11 is 0. The SMILES string of the molecule is C/C=C(\NC)c1ccon1. The summed E-state index contributed by atoms with van der Waals surface area (Å²) in [6, 6.07) is 1.81. The van der Waals surface area contributed by atoms with E-state index in [2.05, 4.69) is 15.0 Å². The van der Waals surface area contributed by atoms with Crippen molar-refractivity contribution < 1.29 is 4.52 Å². The number of nitrogens with one attached hydrogen (secondary N) is 1. The van der Waals surface area contributed by atoms with Gasteiger partial charge in [0.15, 0.2) is 0 Å². The summed E-state index contributed by atoms with van der Waals surface area (Å²) in [6.45, 7) is 1.94. The summed E-state index contributed by atoms with van der Waals surface area (Å²) in [5, 5.41) is 6.75. The lowest BCUT2D eigenvalue weighted by molar-refractivity contribution is 0.417. The zero-order valence-electron chi connectivity index (χ0n) is 6.09. The molecule has 1 heterocycles. The Hall–Kier alpha value is -1.25. The van der Waals surface area contributed by atoms with Crippen LogP contribution in [0.5, 0.6) is 0 Å². The van der Waals surface area contributed by atoms with Crippen LogP contribution < -0.4 is 5.32 Å². The Labute approximate surface area is 59.7 Å². The van der Waals surface area contributed by atoms with Crippen molar-refractivity contribution >= 4 is 5.70 Å². The smallest absolute Gasteiger partial charge is 0.129 e. The summed E-state index contributed by atoms with van der Waals surface area (Å²) in [5.41, 5.74) is 1.82. The summed E-state index contributed by atoms with van der Waals surface area (Å²) in [4.78, 5) is 0. The molecule has 0 aliphatic rings. The number of allylic oxidation sites excluding steroid dienone is 1. The van der Waals surface area contributed by atoms with Crippen molar-refractivity contribution in [2.24, 2.45) is 0 Å². The molecule has 0 atom stereocenters. The first-order chi connectivity index (χ1) is 4.88. The normalized spacial score (nSPS) is 11.6. The van der Waals surface area contributed by atoms with Crippen LogP contribution in [0.15, 0.2) is 22.9 Å². The standard InChI is InChI=1S/C7H10N2O/c1-3-6(8-2)7-4-5-10-9-7/h3-5,8H,1-2H3/b6-3-. The van der Waals surface area contributed by atoms with Crippen LogP contribution >= 0.6 is 0 Å². The second-order valence-corrected chi connectivity index (χ2v) is 1.84. The Morgan fingerprint density at radius 3 is 3.00 bits per heavy atom. The zero-order chi connectivity index (χ0) is 7.40. The van der Waals surface area contributed by atoms with E-state index in [0.717, 1.165) is 11.4 Å². The van der Waals surface area contributed by atoms with Gasteiger partial charge in [-0.25, -0.2) is 0 Å². The molecular weight excluding hydrogens is 128 g/mol. The molecule has 0 aromatic carbocycles. The van der Waals surface area contributed by atoms with Gasteiger partial charge in [0, 0.05) is 13.1 Å². The molecule has 0 spiro atoms. The van der Waals surface area contributed by atoms with Crippen LogP contribution in [-0.4, -0.2) is 12.2 Å². The highest BCUT2D eigenvalue weighted by atomic mass is 16.5. The molecule has 3 heteroatoms. The number of rotatable bonds is 2. The minimum atomic E-state index is 0.838. The third-order valence-corrected chi connectivity index (χ3v) is 1.27. The predicted octanol–water partition coefficient (Wildman–Crippen LogP) is 1.25. The first kappa shape index (κ1) is 6.86. The molecule has 1 aromatic heterocycles. The summed E-state index contributed by atoms with van der Waals surface area (Å²) < 4.78 is 4.67. The van der Waals surface area contributed by atoms with Crippen LogP contribution in [0, 0.1) is 0 Å². The second kappa shape index (κ2) is 3.06. The highest BCUT2D eigenvalue weighted by Gasteiger charge is 1.98. The van der Waals surface area contributed by atoms with Crippen molar-refractivity contribution in [1.82, 2.24) is 10.5 Å². The molecule has 0 unspecified atom stereocenters. The summed E-state index contributed by atoms with van der Waals surface area (Å²) in [6.07, 6.45) is 3.49. The predicted molar refractivity (Wildman–Crippen MR) is 39.2 cm³/mol. The van der Waals surface area contributed by atoms with E-state index in [0.29, 0.717) is 0 Å². The van der Waals surface area contributed by atoms with E-state index in [1.54, 1.807) is 6.26 Å². The van der Waals surface area contributed by atoms with Crippen LogP contribution in [-0.2, 0) is 0 Å². The largest absolute Gasteiger partial charge is 0.387 e. The molecule has 0 bridgehead atoms. The highest BCUT2D eigenvalue weighted by Crippen LogP contribution is 2.05. The van der Waals surface area contributed by atoms with Gasteiger partial charge in [-0.15, -0.1) is 0 Å². The second-order valence-electron chi connectivity index (χ2n) is 1.84. The molecule has 0 radical (unpaired) electrons. The minimum absolute atomic E-state index is 0.838. The van der Waals surface area contributed by atoms with E-state index in [4.69, 9.17) is 0 Å². The van der Waals surface area contributed by atoms with Crippen molar-refractivity contribution in [2.45, 2.75) is 6.92 Å². The fraction of sp³-hybridized carbons (Fsp3) is 0.286. The van der Waals surface area contributed by atoms with Gasteiger partial charge in [0.2, 0.25) is 0 Å². The van der Waals surface area contributed by atoms with E-state index in [-0.39, 0.29) is 0 Å². The van der Waals surface area contributed by atoms with Gasteiger partial charge >= 0.3 is 0 Å². The topological polar surface area (TPSA) is 38.1 Å². The van der Waals surface area contributed by atoms with E-state index in [9.17, 15) is 0 Å². The molecule has 10 heavy (non-hydrogen) atoms. The van der Waals surface area contributed by atoms with Gasteiger partial charge in [0.25, 0.3) is 0 Å². The molecule has 0 aliphatic heterocycles. The van der Waals surface area contributed by atoms with Crippen molar-refractivity contribution in [3.8, 4) is 0 Å². The third-order valence-electron chi connectivity index (χ3n) is 1.27. The molecule has 0 fully saturated rings. The first-order valence-corrected chi connectivity index (χ1v) is 3.13. The fourth-order valence-corrected chi connectivity index (χ4v) is 0.772. The number of hydrogen-bond acceptors (Lipinski definition) is 3. The molecule has 0 amide bonds. The lowest BCUT2D eigenvalue weighted by Crippen LogP contribution is -2.03. The molecule has 0 saturated heterocycles. The Morgan fingerprint density at radius 1 is 1.80 bits per heavy atom.